The summed E-state index contributed by atoms with van der Waals surface area (Å²) in [4.78, 5) is 24.6. The number of carbonyl (C=O) groups excluding carboxylic acids is 2. The van der Waals surface area contributed by atoms with Crippen molar-refractivity contribution in [2.45, 2.75) is 123 Å². The van der Waals surface area contributed by atoms with Gasteiger partial charge >= 0.3 is 11.9 Å². The van der Waals surface area contributed by atoms with Crippen LogP contribution in [0.25, 0.3) is 0 Å². The van der Waals surface area contributed by atoms with Gasteiger partial charge in [0, 0.05) is 31.6 Å². The first kappa shape index (κ1) is 28.1. The van der Waals surface area contributed by atoms with Crippen molar-refractivity contribution < 1.29 is 28.9 Å². The number of epoxide rings is 1. The van der Waals surface area contributed by atoms with E-state index in [0.717, 1.165) is 32.1 Å². The number of hydrogen-bond acceptors (Lipinski definition) is 6. The van der Waals surface area contributed by atoms with E-state index in [2.05, 4.69) is 34.3 Å². The number of fused-ring (bicyclic) bond motifs is 4. The minimum atomic E-state index is -0.476. The third kappa shape index (κ3) is 4.36. The smallest absolute Gasteiger partial charge is 0.302 e. The molecule has 1 saturated heterocycles. The lowest BCUT2D eigenvalue weighted by Crippen LogP contribution is -2.66. The van der Waals surface area contributed by atoms with Gasteiger partial charge in [-0.25, -0.2) is 0 Å². The zero-order valence-electron chi connectivity index (χ0n) is 24.5. The second-order valence-electron chi connectivity index (χ2n) is 14.2. The van der Waals surface area contributed by atoms with Crippen LogP contribution < -0.4 is 0 Å². The van der Waals surface area contributed by atoms with Crippen molar-refractivity contribution in [3.63, 3.8) is 0 Å². The Hall–Kier alpha value is -1.40. The quantitative estimate of drug-likeness (QED) is 0.241. The molecule has 1 spiro atoms. The van der Waals surface area contributed by atoms with Gasteiger partial charge in [0.1, 0.15) is 18.3 Å². The average Bonchev–Trinajstić information content (AvgIpc) is 3.41. The highest BCUT2D eigenvalue weighted by Crippen LogP contribution is 2.74. The molecule has 1 N–H and O–H groups in total. The Morgan fingerprint density at radius 3 is 2.50 bits per heavy atom. The van der Waals surface area contributed by atoms with E-state index in [1.54, 1.807) is 0 Å². The lowest BCUT2D eigenvalue weighted by Gasteiger charge is -2.62. The first-order chi connectivity index (χ1) is 17.8. The summed E-state index contributed by atoms with van der Waals surface area (Å²) in [5.41, 5.74) is 0.520. The Morgan fingerprint density at radius 2 is 1.84 bits per heavy atom. The van der Waals surface area contributed by atoms with Gasteiger partial charge in [-0.2, -0.15) is 0 Å². The topological polar surface area (TPSA) is 85.4 Å². The molecular weight excluding hydrogens is 480 g/mol. The SMILES string of the molecule is C=C(CCC(C)C1CCC2C3CC4OC45CC(O)CCC5(COC(C)=O)C3C(OC(C)=O)CC12C)C(C)C. The molecule has 0 amide bonds. The van der Waals surface area contributed by atoms with Gasteiger partial charge in [0.25, 0.3) is 0 Å². The summed E-state index contributed by atoms with van der Waals surface area (Å²) in [5.74, 6) is 2.10. The predicted molar refractivity (Wildman–Crippen MR) is 145 cm³/mol. The van der Waals surface area contributed by atoms with Gasteiger partial charge in [-0.05, 0) is 86.4 Å². The molecule has 0 aromatic heterocycles. The molecule has 5 rings (SSSR count). The Bertz CT molecular complexity index is 960. The molecule has 1 aliphatic heterocycles. The number of hydrogen-bond donors (Lipinski definition) is 1. The number of ether oxygens (including phenoxy) is 3. The fourth-order valence-electron chi connectivity index (χ4n) is 10.2. The molecule has 4 aliphatic carbocycles. The summed E-state index contributed by atoms with van der Waals surface area (Å²) < 4.78 is 18.6. The molecule has 0 aromatic rings. The fraction of sp³-hybridized carbons (Fsp3) is 0.875. The Labute approximate surface area is 229 Å². The molecule has 214 valence electrons. The molecule has 0 bridgehead atoms. The number of carbonyl (C=O) groups is 2. The highest BCUT2D eigenvalue weighted by atomic mass is 16.6. The van der Waals surface area contributed by atoms with Crippen LogP contribution in [-0.2, 0) is 23.8 Å². The van der Waals surface area contributed by atoms with Crippen LogP contribution in [0, 0.1) is 46.3 Å². The summed E-state index contributed by atoms with van der Waals surface area (Å²) in [6.07, 6.45) is 7.85. The lowest BCUT2D eigenvalue weighted by atomic mass is 9.43. The first-order valence-corrected chi connectivity index (χ1v) is 15.2. The molecule has 38 heavy (non-hydrogen) atoms. The first-order valence-electron chi connectivity index (χ1n) is 15.2. The normalized spacial score (nSPS) is 45.7. The summed E-state index contributed by atoms with van der Waals surface area (Å²) in [7, 11) is 0. The van der Waals surface area contributed by atoms with E-state index in [-0.39, 0.29) is 42.1 Å². The highest BCUT2D eigenvalue weighted by molar-refractivity contribution is 5.66. The molecule has 6 nitrogen and oxygen atoms in total. The van der Waals surface area contributed by atoms with Gasteiger partial charge in [0.15, 0.2) is 0 Å². The van der Waals surface area contributed by atoms with Gasteiger partial charge in [-0.1, -0.05) is 39.8 Å². The lowest BCUT2D eigenvalue weighted by molar-refractivity contribution is -0.209. The van der Waals surface area contributed by atoms with E-state index >= 15 is 0 Å². The summed E-state index contributed by atoms with van der Waals surface area (Å²) in [6, 6.07) is 0. The van der Waals surface area contributed by atoms with Crippen LogP contribution in [0.15, 0.2) is 12.2 Å². The Kier molecular flexibility index (Phi) is 7.33. The summed E-state index contributed by atoms with van der Waals surface area (Å²) in [6.45, 7) is 16.9. The van der Waals surface area contributed by atoms with Crippen molar-refractivity contribution in [2.75, 3.05) is 6.61 Å². The van der Waals surface area contributed by atoms with Gasteiger partial charge < -0.3 is 19.3 Å². The minimum Gasteiger partial charge on any atom is -0.465 e. The number of esters is 2. The van der Waals surface area contributed by atoms with E-state index in [1.165, 1.54) is 32.3 Å². The fourth-order valence-corrected chi connectivity index (χ4v) is 10.2. The average molecular weight is 531 g/mol. The second kappa shape index (κ2) is 9.90. The van der Waals surface area contributed by atoms with Crippen molar-refractivity contribution in [2.24, 2.45) is 46.3 Å². The van der Waals surface area contributed by atoms with E-state index < -0.39 is 17.1 Å². The molecule has 1 heterocycles. The maximum atomic E-state index is 12.5. The van der Waals surface area contributed by atoms with E-state index in [4.69, 9.17) is 14.2 Å². The Balaban J connectivity index is 1.48. The largest absolute Gasteiger partial charge is 0.465 e. The van der Waals surface area contributed by atoms with Crippen molar-refractivity contribution in [3.05, 3.63) is 12.2 Å². The third-order valence-electron chi connectivity index (χ3n) is 12.0. The van der Waals surface area contributed by atoms with Crippen LogP contribution >= 0.6 is 0 Å². The van der Waals surface area contributed by atoms with Crippen LogP contribution in [0.5, 0.6) is 0 Å². The van der Waals surface area contributed by atoms with Crippen molar-refractivity contribution in [3.8, 4) is 0 Å². The van der Waals surface area contributed by atoms with Crippen LogP contribution in [0.1, 0.15) is 99.3 Å². The van der Waals surface area contributed by atoms with Gasteiger partial charge in [0.05, 0.1) is 12.2 Å². The number of aliphatic hydroxyl groups is 1. The molecule has 11 atom stereocenters. The molecular formula is C32H50O6. The van der Waals surface area contributed by atoms with Crippen LogP contribution in [0.3, 0.4) is 0 Å². The third-order valence-corrected chi connectivity index (χ3v) is 12.0. The number of allylic oxidation sites excluding steroid dienone is 1. The highest BCUT2D eigenvalue weighted by Gasteiger charge is 2.80. The molecule has 5 aliphatic rings. The van der Waals surface area contributed by atoms with Crippen molar-refractivity contribution in [1.82, 2.24) is 0 Å². The van der Waals surface area contributed by atoms with Crippen molar-refractivity contribution in [1.29, 1.82) is 0 Å². The molecule has 11 unspecified atom stereocenters. The molecule has 6 heteroatoms. The monoisotopic (exact) mass is 530 g/mol. The predicted octanol–water partition coefficient (Wildman–Crippen LogP) is 5.85. The van der Waals surface area contributed by atoms with Crippen molar-refractivity contribution >= 4 is 11.9 Å². The molecule has 5 fully saturated rings. The summed E-state index contributed by atoms with van der Waals surface area (Å²) in [5, 5.41) is 10.7. The number of aliphatic hydroxyl groups excluding tert-OH is 1. The van der Waals surface area contributed by atoms with Gasteiger partial charge in [-0.3, -0.25) is 9.59 Å². The standard InChI is InChI=1S/C32H50O6/c1-18(2)19(3)8-9-20(4)25-10-11-26-24-14-28-32(38-28)15-23(35)12-13-31(32,17-36-21(5)33)29(24)27(37-22(6)34)16-30(25,26)7/h18,20,23-29,35H,3,8-17H2,1-2,4-7H3. The van der Waals surface area contributed by atoms with Crippen LogP contribution in [-0.4, -0.2) is 47.6 Å². The van der Waals surface area contributed by atoms with E-state index in [9.17, 15) is 14.7 Å². The maximum absolute atomic E-state index is 12.5. The van der Waals surface area contributed by atoms with Crippen LogP contribution in [0.4, 0.5) is 0 Å². The zero-order chi connectivity index (χ0) is 27.6. The molecule has 0 aromatic carbocycles. The van der Waals surface area contributed by atoms with Gasteiger partial charge in [-0.15, -0.1) is 0 Å². The van der Waals surface area contributed by atoms with E-state index in [1.807, 2.05) is 0 Å². The van der Waals surface area contributed by atoms with Gasteiger partial charge in [0.2, 0.25) is 0 Å². The second-order valence-corrected chi connectivity index (χ2v) is 14.2. The Morgan fingerprint density at radius 1 is 1.11 bits per heavy atom. The number of rotatable bonds is 8. The molecule has 0 radical (unpaired) electrons. The zero-order valence-corrected chi connectivity index (χ0v) is 24.5. The summed E-state index contributed by atoms with van der Waals surface area (Å²) >= 11 is 0. The van der Waals surface area contributed by atoms with E-state index in [0.29, 0.717) is 42.4 Å². The maximum Gasteiger partial charge on any atom is 0.302 e. The minimum absolute atomic E-state index is 0.0739. The molecule has 4 saturated carbocycles. The van der Waals surface area contributed by atoms with Crippen LogP contribution in [0.2, 0.25) is 0 Å².